The van der Waals surface area contributed by atoms with Gasteiger partial charge in [0.05, 0.1) is 4.91 Å². The minimum atomic E-state index is -0.412. The van der Waals surface area contributed by atoms with Crippen LogP contribution in [0.25, 0.3) is 6.08 Å². The molecule has 0 radical (unpaired) electrons. The molecule has 4 rings (SSSR count). The number of rotatable bonds is 6. The van der Waals surface area contributed by atoms with Gasteiger partial charge in [0.2, 0.25) is 5.91 Å². The molecule has 3 amide bonds. The van der Waals surface area contributed by atoms with Crippen molar-refractivity contribution in [2.45, 2.75) is 32.8 Å². The quantitative estimate of drug-likeness (QED) is 0.601. The van der Waals surface area contributed by atoms with E-state index in [0.29, 0.717) is 24.6 Å². The highest BCUT2D eigenvalue weighted by molar-refractivity contribution is 8.18. The molecule has 0 unspecified atom stereocenters. The van der Waals surface area contributed by atoms with E-state index in [4.69, 9.17) is 4.74 Å². The third-order valence-electron chi connectivity index (χ3n) is 5.71. The fourth-order valence-corrected chi connectivity index (χ4v) is 4.60. The second-order valence-electron chi connectivity index (χ2n) is 7.99. The van der Waals surface area contributed by atoms with Crippen LogP contribution >= 0.6 is 11.8 Å². The molecule has 6 nitrogen and oxygen atoms in total. The van der Waals surface area contributed by atoms with E-state index < -0.39 is 11.1 Å². The lowest BCUT2D eigenvalue weighted by molar-refractivity contribution is -0.136. The number of thioether (sulfide) groups is 1. The number of aryl methyl sites for hydroxylation is 1. The van der Waals surface area contributed by atoms with Gasteiger partial charge in [-0.2, -0.15) is 0 Å². The number of carbonyl (C=O) groups excluding carboxylic acids is 3. The van der Waals surface area contributed by atoms with Crippen molar-refractivity contribution in [3.63, 3.8) is 0 Å². The van der Waals surface area contributed by atoms with Crippen LogP contribution in [0.2, 0.25) is 0 Å². The minimum absolute atomic E-state index is 0.164. The van der Waals surface area contributed by atoms with Crippen molar-refractivity contribution >= 4 is 34.9 Å². The fraction of sp³-hybridized carbons (Fsp3) is 0.320. The molecular formula is C25H26N2O4S. The molecular weight excluding hydrogens is 424 g/mol. The van der Waals surface area contributed by atoms with E-state index in [0.717, 1.165) is 52.8 Å². The van der Waals surface area contributed by atoms with Crippen LogP contribution in [0.1, 0.15) is 36.0 Å². The number of hydrogen-bond donors (Lipinski definition) is 0. The number of likely N-dealkylation sites (tertiary alicyclic amines) is 1. The number of hydrogen-bond acceptors (Lipinski definition) is 5. The molecule has 2 aromatic rings. The molecule has 2 saturated heterocycles. The van der Waals surface area contributed by atoms with Crippen molar-refractivity contribution < 1.29 is 19.1 Å². The SMILES string of the molecule is Cc1ccccc1COc1ccc(/C=C2\SC(=O)N(CC(=O)N3CCCCC3)C2=O)cc1. The summed E-state index contributed by atoms with van der Waals surface area (Å²) in [7, 11) is 0. The molecule has 2 aromatic carbocycles. The lowest BCUT2D eigenvalue weighted by atomic mass is 10.1. The summed E-state index contributed by atoms with van der Waals surface area (Å²) in [4.78, 5) is 40.6. The van der Waals surface area contributed by atoms with Gasteiger partial charge in [0.15, 0.2) is 0 Å². The Labute approximate surface area is 192 Å². The predicted molar refractivity (Wildman–Crippen MR) is 125 cm³/mol. The molecule has 166 valence electrons. The highest BCUT2D eigenvalue weighted by Gasteiger charge is 2.37. The number of amides is 3. The van der Waals surface area contributed by atoms with Gasteiger partial charge in [-0.1, -0.05) is 36.4 Å². The summed E-state index contributed by atoms with van der Waals surface area (Å²) in [5, 5.41) is -0.398. The molecule has 7 heteroatoms. The standard InChI is InChI=1S/C25H26N2O4S/c1-18-7-3-4-8-20(18)17-31-21-11-9-19(10-12-21)15-22-24(29)27(25(30)32-22)16-23(28)26-13-5-2-6-14-26/h3-4,7-12,15H,2,5-6,13-14,16-17H2,1H3/b22-15-. The van der Waals surface area contributed by atoms with Crippen molar-refractivity contribution in [2.24, 2.45) is 0 Å². The topological polar surface area (TPSA) is 66.9 Å². The Bertz CT molecular complexity index is 1040. The summed E-state index contributed by atoms with van der Waals surface area (Å²) in [5.74, 6) is 0.152. The zero-order valence-corrected chi connectivity index (χ0v) is 18.9. The Morgan fingerprint density at radius 3 is 2.47 bits per heavy atom. The van der Waals surface area contributed by atoms with Crippen LogP contribution in [0.4, 0.5) is 4.79 Å². The van der Waals surface area contributed by atoms with Crippen molar-refractivity contribution in [3.8, 4) is 5.75 Å². The summed E-state index contributed by atoms with van der Waals surface area (Å²) in [5.41, 5.74) is 3.10. The first-order valence-electron chi connectivity index (χ1n) is 10.8. The van der Waals surface area contributed by atoms with Gasteiger partial charge in [0.1, 0.15) is 18.9 Å². The number of piperidine rings is 1. The van der Waals surface area contributed by atoms with Gasteiger partial charge in [0.25, 0.3) is 11.1 Å². The lowest BCUT2D eigenvalue weighted by Gasteiger charge is -2.27. The monoisotopic (exact) mass is 450 g/mol. The Hall–Kier alpha value is -3.06. The maximum Gasteiger partial charge on any atom is 0.294 e. The molecule has 2 aliphatic rings. The van der Waals surface area contributed by atoms with Gasteiger partial charge in [-0.25, -0.2) is 0 Å². The number of ether oxygens (including phenoxy) is 1. The molecule has 0 bridgehead atoms. The Morgan fingerprint density at radius 2 is 1.75 bits per heavy atom. The van der Waals surface area contributed by atoms with E-state index in [2.05, 4.69) is 13.0 Å². The van der Waals surface area contributed by atoms with Gasteiger partial charge in [-0.3, -0.25) is 19.3 Å². The van der Waals surface area contributed by atoms with Crippen LogP contribution in [0, 0.1) is 6.92 Å². The second kappa shape index (κ2) is 10.0. The average molecular weight is 451 g/mol. The van der Waals surface area contributed by atoms with Gasteiger partial charge in [-0.15, -0.1) is 0 Å². The minimum Gasteiger partial charge on any atom is -0.489 e. The van der Waals surface area contributed by atoms with Crippen LogP contribution in [-0.4, -0.2) is 46.5 Å². The highest BCUT2D eigenvalue weighted by atomic mass is 32.2. The average Bonchev–Trinajstić information content (AvgIpc) is 3.07. The first kappa shape index (κ1) is 22.1. The Morgan fingerprint density at radius 1 is 1.03 bits per heavy atom. The molecule has 32 heavy (non-hydrogen) atoms. The highest BCUT2D eigenvalue weighted by Crippen LogP contribution is 2.32. The summed E-state index contributed by atoms with van der Waals surface area (Å²) in [6.45, 7) is 3.74. The van der Waals surface area contributed by atoms with Gasteiger partial charge in [-0.05, 0) is 72.8 Å². The summed E-state index contributed by atoms with van der Waals surface area (Å²) < 4.78 is 5.86. The first-order valence-corrected chi connectivity index (χ1v) is 11.6. The van der Waals surface area contributed by atoms with Crippen LogP contribution in [0.3, 0.4) is 0 Å². The van der Waals surface area contributed by atoms with Gasteiger partial charge >= 0.3 is 0 Å². The van der Waals surface area contributed by atoms with Crippen LogP contribution in [0.5, 0.6) is 5.75 Å². The van der Waals surface area contributed by atoms with Gasteiger partial charge < -0.3 is 9.64 Å². The van der Waals surface area contributed by atoms with Crippen LogP contribution in [0.15, 0.2) is 53.4 Å². The number of imide groups is 1. The number of carbonyl (C=O) groups is 3. The third-order valence-corrected chi connectivity index (χ3v) is 6.62. The fourth-order valence-electron chi connectivity index (χ4n) is 3.76. The number of benzene rings is 2. The first-order chi connectivity index (χ1) is 15.5. The normalized spacial score (nSPS) is 17.8. The van der Waals surface area contributed by atoms with E-state index in [-0.39, 0.29) is 12.5 Å². The second-order valence-corrected chi connectivity index (χ2v) is 8.99. The molecule has 0 atom stereocenters. The lowest BCUT2D eigenvalue weighted by Crippen LogP contribution is -2.44. The predicted octanol–water partition coefficient (Wildman–Crippen LogP) is 4.62. The summed E-state index contributed by atoms with van der Waals surface area (Å²) in [6, 6.07) is 15.5. The molecule has 0 N–H and O–H groups in total. The van der Waals surface area contributed by atoms with Crippen molar-refractivity contribution in [2.75, 3.05) is 19.6 Å². The molecule has 2 heterocycles. The smallest absolute Gasteiger partial charge is 0.294 e. The maximum absolute atomic E-state index is 12.7. The van der Waals surface area contributed by atoms with Crippen LogP contribution < -0.4 is 4.74 Å². The van der Waals surface area contributed by atoms with Crippen LogP contribution in [-0.2, 0) is 16.2 Å². The molecule has 2 aliphatic heterocycles. The van der Waals surface area contributed by atoms with Crippen molar-refractivity contribution in [3.05, 3.63) is 70.1 Å². The molecule has 0 aromatic heterocycles. The molecule has 0 saturated carbocycles. The molecule has 0 aliphatic carbocycles. The van der Waals surface area contributed by atoms with E-state index in [9.17, 15) is 14.4 Å². The number of nitrogens with zero attached hydrogens (tertiary/aromatic N) is 2. The zero-order chi connectivity index (χ0) is 22.5. The zero-order valence-electron chi connectivity index (χ0n) is 18.1. The van der Waals surface area contributed by atoms with E-state index >= 15 is 0 Å². The Kier molecular flexibility index (Phi) is 6.95. The Balaban J connectivity index is 1.37. The largest absolute Gasteiger partial charge is 0.489 e. The third kappa shape index (κ3) is 5.22. The summed E-state index contributed by atoms with van der Waals surface area (Å²) in [6.07, 6.45) is 4.74. The summed E-state index contributed by atoms with van der Waals surface area (Å²) >= 11 is 0.875. The maximum atomic E-state index is 12.7. The van der Waals surface area contributed by atoms with Gasteiger partial charge in [0, 0.05) is 13.1 Å². The molecule has 2 fully saturated rings. The van der Waals surface area contributed by atoms with Crippen molar-refractivity contribution in [1.82, 2.24) is 9.80 Å². The molecule has 0 spiro atoms. The van der Waals surface area contributed by atoms with Crippen molar-refractivity contribution in [1.29, 1.82) is 0 Å². The van der Waals surface area contributed by atoms with E-state index in [1.807, 2.05) is 42.5 Å². The van der Waals surface area contributed by atoms with E-state index in [1.54, 1.807) is 11.0 Å². The van der Waals surface area contributed by atoms with E-state index in [1.165, 1.54) is 5.56 Å².